The van der Waals surface area contributed by atoms with Gasteiger partial charge in [-0.2, -0.15) is 5.26 Å². The summed E-state index contributed by atoms with van der Waals surface area (Å²) in [6.07, 6.45) is 0. The van der Waals surface area contributed by atoms with Crippen LogP contribution in [0.5, 0.6) is 0 Å². The summed E-state index contributed by atoms with van der Waals surface area (Å²) < 4.78 is 2.04. The minimum absolute atomic E-state index is 0.658. The van der Waals surface area contributed by atoms with Gasteiger partial charge < -0.3 is 4.57 Å². The van der Waals surface area contributed by atoms with E-state index in [1.165, 1.54) is 0 Å². The molecule has 0 fully saturated rings. The third-order valence-electron chi connectivity index (χ3n) is 3.64. The topological polar surface area (TPSA) is 54.5 Å². The first-order valence-electron chi connectivity index (χ1n) is 7.53. The van der Waals surface area contributed by atoms with E-state index < -0.39 is 0 Å². The van der Waals surface area contributed by atoms with Crippen LogP contribution < -0.4 is 0 Å². The lowest BCUT2D eigenvalue weighted by atomic mass is 10.1. The summed E-state index contributed by atoms with van der Waals surface area (Å²) in [6.45, 7) is 2.80. The van der Waals surface area contributed by atoms with E-state index in [9.17, 15) is 5.26 Å². The Morgan fingerprint density at radius 1 is 1.12 bits per heavy atom. The lowest BCUT2D eigenvalue weighted by molar-refractivity contribution is 0.687. The molecule has 0 radical (unpaired) electrons. The molecular formula is C18H15ClN4S. The Balaban J connectivity index is 1.88. The molecule has 0 aliphatic heterocycles. The summed E-state index contributed by atoms with van der Waals surface area (Å²) >= 11 is 7.86. The molecule has 1 aromatic heterocycles. The molecule has 1 heterocycles. The number of hydrogen-bond acceptors (Lipinski definition) is 4. The second-order valence-electron chi connectivity index (χ2n) is 5.09. The molecule has 0 saturated carbocycles. The highest BCUT2D eigenvalue weighted by molar-refractivity contribution is 7.98. The fourth-order valence-electron chi connectivity index (χ4n) is 2.42. The van der Waals surface area contributed by atoms with Crippen LogP contribution in [0.3, 0.4) is 0 Å². The summed E-state index contributed by atoms with van der Waals surface area (Å²) in [7, 11) is 0. The van der Waals surface area contributed by atoms with Crippen molar-refractivity contribution in [2.75, 3.05) is 0 Å². The average Bonchev–Trinajstić information content (AvgIpc) is 3.03. The fraction of sp³-hybridized carbons (Fsp3) is 0.167. The number of nitriles is 1. The number of halogens is 1. The molecular weight excluding hydrogens is 340 g/mol. The van der Waals surface area contributed by atoms with Gasteiger partial charge in [0.15, 0.2) is 11.0 Å². The van der Waals surface area contributed by atoms with Crippen LogP contribution in [-0.4, -0.2) is 14.8 Å². The molecule has 0 unspecified atom stereocenters. The second-order valence-corrected chi connectivity index (χ2v) is 6.44. The summed E-state index contributed by atoms with van der Waals surface area (Å²) in [6, 6.07) is 17.5. The number of benzene rings is 2. The van der Waals surface area contributed by atoms with Crippen molar-refractivity contribution in [2.24, 2.45) is 0 Å². The van der Waals surface area contributed by atoms with E-state index in [1.54, 1.807) is 11.8 Å². The molecule has 0 atom stereocenters. The van der Waals surface area contributed by atoms with Gasteiger partial charge >= 0.3 is 0 Å². The van der Waals surface area contributed by atoms with Crippen LogP contribution in [0.25, 0.3) is 11.4 Å². The zero-order valence-corrected chi connectivity index (χ0v) is 14.7. The molecule has 0 bridgehead atoms. The smallest absolute Gasteiger partial charge is 0.191 e. The quantitative estimate of drug-likeness (QED) is 0.618. The van der Waals surface area contributed by atoms with Crippen molar-refractivity contribution in [3.63, 3.8) is 0 Å². The first-order valence-corrected chi connectivity index (χ1v) is 8.89. The van der Waals surface area contributed by atoms with E-state index in [2.05, 4.69) is 23.2 Å². The highest BCUT2D eigenvalue weighted by atomic mass is 35.5. The molecule has 3 aromatic rings. The zero-order chi connectivity index (χ0) is 16.9. The van der Waals surface area contributed by atoms with Crippen molar-refractivity contribution < 1.29 is 0 Å². The third-order valence-corrected chi connectivity index (χ3v) is 4.99. The van der Waals surface area contributed by atoms with Gasteiger partial charge in [-0.1, -0.05) is 53.7 Å². The molecule has 4 nitrogen and oxygen atoms in total. The Hall–Kier alpha value is -2.29. The molecule has 2 aromatic carbocycles. The molecule has 0 saturated heterocycles. The van der Waals surface area contributed by atoms with Crippen LogP contribution in [-0.2, 0) is 12.3 Å². The lowest BCUT2D eigenvalue weighted by Gasteiger charge is -2.08. The largest absolute Gasteiger partial charge is 0.302 e. The normalized spacial score (nSPS) is 10.5. The van der Waals surface area contributed by atoms with Crippen molar-refractivity contribution in [3.8, 4) is 17.5 Å². The van der Waals surface area contributed by atoms with Gasteiger partial charge in [0, 0.05) is 17.9 Å². The van der Waals surface area contributed by atoms with Crippen LogP contribution in [0.15, 0.2) is 53.7 Å². The van der Waals surface area contributed by atoms with Crippen LogP contribution >= 0.6 is 23.4 Å². The maximum atomic E-state index is 9.19. The van der Waals surface area contributed by atoms with Gasteiger partial charge in [-0.3, -0.25) is 0 Å². The molecule has 6 heteroatoms. The molecule has 0 N–H and O–H groups in total. The van der Waals surface area contributed by atoms with Crippen LogP contribution in [0.2, 0.25) is 5.02 Å². The van der Waals surface area contributed by atoms with E-state index >= 15 is 0 Å². The molecule has 3 rings (SSSR count). The maximum absolute atomic E-state index is 9.19. The van der Waals surface area contributed by atoms with Gasteiger partial charge in [0.05, 0.1) is 16.7 Å². The number of nitrogens with zero attached hydrogens (tertiary/aromatic N) is 4. The number of thioether (sulfide) groups is 1. The first kappa shape index (κ1) is 16.6. The molecule has 0 amide bonds. The van der Waals surface area contributed by atoms with Gasteiger partial charge in [-0.25, -0.2) is 0 Å². The van der Waals surface area contributed by atoms with Crippen molar-refractivity contribution in [2.45, 2.75) is 24.4 Å². The number of rotatable bonds is 5. The summed E-state index contributed by atoms with van der Waals surface area (Å²) in [4.78, 5) is 0. The molecule has 0 spiro atoms. The number of aromatic nitrogens is 3. The standard InChI is InChI=1S/C18H15ClN4S/c1-2-23-17(15-9-5-6-10-16(15)19)21-22-18(23)24-12-14-8-4-3-7-13(14)11-20/h3-10H,2,12H2,1H3. The molecule has 120 valence electrons. The van der Waals surface area contributed by atoms with Gasteiger partial charge in [0.2, 0.25) is 0 Å². The van der Waals surface area contributed by atoms with Crippen molar-refractivity contribution in [3.05, 3.63) is 64.7 Å². The molecule has 24 heavy (non-hydrogen) atoms. The van der Waals surface area contributed by atoms with E-state index in [4.69, 9.17) is 11.6 Å². The highest BCUT2D eigenvalue weighted by Gasteiger charge is 2.15. The van der Waals surface area contributed by atoms with Crippen molar-refractivity contribution in [1.29, 1.82) is 5.26 Å². The zero-order valence-electron chi connectivity index (χ0n) is 13.1. The Morgan fingerprint density at radius 3 is 2.62 bits per heavy atom. The summed E-state index contributed by atoms with van der Waals surface area (Å²) in [5, 5.41) is 19.3. The average molecular weight is 355 g/mol. The summed E-state index contributed by atoms with van der Waals surface area (Å²) in [5.41, 5.74) is 2.56. The van der Waals surface area contributed by atoms with E-state index in [0.717, 1.165) is 28.7 Å². The Bertz CT molecular complexity index is 898. The second kappa shape index (κ2) is 7.52. The highest BCUT2D eigenvalue weighted by Crippen LogP contribution is 2.30. The van der Waals surface area contributed by atoms with Crippen LogP contribution in [0.4, 0.5) is 0 Å². The predicted molar refractivity (Wildman–Crippen MR) is 96.9 cm³/mol. The minimum atomic E-state index is 0.658. The van der Waals surface area contributed by atoms with Crippen molar-refractivity contribution in [1.82, 2.24) is 14.8 Å². The minimum Gasteiger partial charge on any atom is -0.302 e. The van der Waals surface area contributed by atoms with Crippen molar-refractivity contribution >= 4 is 23.4 Å². The van der Waals surface area contributed by atoms with Gasteiger partial charge in [0.1, 0.15) is 0 Å². The first-order chi connectivity index (χ1) is 11.7. The Morgan fingerprint density at radius 2 is 1.88 bits per heavy atom. The Kier molecular flexibility index (Phi) is 5.19. The van der Waals surface area contributed by atoms with E-state index in [-0.39, 0.29) is 0 Å². The number of hydrogen-bond donors (Lipinski definition) is 0. The lowest BCUT2D eigenvalue weighted by Crippen LogP contribution is -2.00. The summed E-state index contributed by atoms with van der Waals surface area (Å²) in [5.74, 6) is 1.43. The maximum Gasteiger partial charge on any atom is 0.191 e. The monoisotopic (exact) mass is 354 g/mol. The van der Waals surface area contributed by atoms with Gasteiger partial charge in [-0.05, 0) is 30.7 Å². The Labute approximate surface area is 150 Å². The van der Waals surface area contributed by atoms with Gasteiger partial charge in [0.25, 0.3) is 0 Å². The molecule has 0 aliphatic rings. The van der Waals surface area contributed by atoms with Gasteiger partial charge in [-0.15, -0.1) is 10.2 Å². The van der Waals surface area contributed by atoms with E-state index in [1.807, 2.05) is 53.1 Å². The fourth-order valence-corrected chi connectivity index (χ4v) is 3.65. The third kappa shape index (κ3) is 3.30. The SMILES string of the molecule is CCn1c(SCc2ccccc2C#N)nnc1-c1ccccc1Cl. The van der Waals surface area contributed by atoms with Crippen LogP contribution in [0.1, 0.15) is 18.1 Å². The molecule has 0 aliphatic carbocycles. The predicted octanol–water partition coefficient (Wildman–Crippen LogP) is 4.78. The van der Waals surface area contributed by atoms with E-state index in [0.29, 0.717) is 16.3 Å². The van der Waals surface area contributed by atoms with Crippen LogP contribution in [0, 0.1) is 11.3 Å².